The van der Waals surface area contributed by atoms with Crippen molar-refractivity contribution < 1.29 is 13.3 Å². The number of nitrogens with one attached hydrogen (secondary N) is 1. The molecule has 0 unspecified atom stereocenters. The lowest BCUT2D eigenvalue weighted by molar-refractivity contribution is -0.384. The van der Waals surface area contributed by atoms with E-state index >= 15 is 0 Å². The van der Waals surface area contributed by atoms with E-state index in [0.29, 0.717) is 0 Å². The summed E-state index contributed by atoms with van der Waals surface area (Å²) in [4.78, 5) is 9.96. The largest absolute Gasteiger partial charge is 0.383 e. The summed E-state index contributed by atoms with van der Waals surface area (Å²) in [5.74, 6) is 0. The second kappa shape index (κ2) is 4.06. The fraction of sp³-hybridized carbons (Fsp3) is 0.250. The summed E-state index contributed by atoms with van der Waals surface area (Å²) in [5.41, 5.74) is 0.167. The molecule has 0 amide bonds. The van der Waals surface area contributed by atoms with Crippen molar-refractivity contribution >= 4 is 21.4 Å². The Kier molecular flexibility index (Phi) is 3.15. The van der Waals surface area contributed by atoms with Crippen LogP contribution in [-0.2, 0) is 10.0 Å². The van der Waals surface area contributed by atoms with Crippen molar-refractivity contribution in [3.63, 3.8) is 0 Å². The topological polar surface area (TPSA) is 115 Å². The number of hydrogen-bond acceptors (Lipinski definition) is 5. The molecule has 1 aromatic rings. The van der Waals surface area contributed by atoms with Gasteiger partial charge in [0, 0.05) is 13.1 Å². The van der Waals surface area contributed by atoms with Gasteiger partial charge in [0.25, 0.3) is 5.69 Å². The van der Waals surface area contributed by atoms with Crippen LogP contribution < -0.4 is 10.5 Å². The smallest absolute Gasteiger partial charge is 0.292 e. The van der Waals surface area contributed by atoms with Crippen molar-refractivity contribution in [1.29, 1.82) is 0 Å². The van der Waals surface area contributed by atoms with Gasteiger partial charge in [-0.1, -0.05) is 0 Å². The number of nitrogens with two attached hydrogens (primary N) is 1. The molecule has 0 aliphatic rings. The number of aryl methyl sites for hydroxylation is 1. The van der Waals surface area contributed by atoms with Gasteiger partial charge in [-0.05, 0) is 18.6 Å². The van der Waals surface area contributed by atoms with Gasteiger partial charge in [-0.15, -0.1) is 0 Å². The van der Waals surface area contributed by atoms with Gasteiger partial charge in [0.15, 0.2) is 0 Å². The second-order valence-corrected chi connectivity index (χ2v) is 4.72. The number of benzene rings is 1. The summed E-state index contributed by atoms with van der Waals surface area (Å²) in [6.45, 7) is 1.45. The zero-order valence-corrected chi connectivity index (χ0v) is 9.54. The fourth-order valence-electron chi connectivity index (χ4n) is 1.33. The molecule has 0 aliphatic heterocycles. The van der Waals surface area contributed by atoms with Gasteiger partial charge in [-0.3, -0.25) is 10.1 Å². The van der Waals surface area contributed by atoms with E-state index in [0.717, 1.165) is 6.07 Å². The molecule has 0 heterocycles. The van der Waals surface area contributed by atoms with Crippen molar-refractivity contribution in [2.24, 2.45) is 5.14 Å². The number of sulfonamides is 1. The Balaban J connectivity index is 3.56. The predicted molar refractivity (Wildman–Crippen MR) is 58.8 cm³/mol. The fourth-order valence-corrected chi connectivity index (χ4v) is 2.12. The third-order valence-electron chi connectivity index (χ3n) is 2.07. The Hall–Kier alpha value is -1.67. The minimum atomic E-state index is -3.87. The number of rotatable bonds is 3. The van der Waals surface area contributed by atoms with E-state index in [1.807, 2.05) is 0 Å². The molecule has 1 aromatic carbocycles. The summed E-state index contributed by atoms with van der Waals surface area (Å²) in [6, 6.07) is 2.33. The predicted octanol–water partition coefficient (Wildman–Crippen LogP) is 0.592. The maximum Gasteiger partial charge on any atom is 0.292 e. The first kappa shape index (κ1) is 12.4. The number of nitrogens with zero attached hydrogens (tertiary/aromatic N) is 1. The number of nitro groups is 1. The van der Waals surface area contributed by atoms with Gasteiger partial charge < -0.3 is 5.32 Å². The van der Waals surface area contributed by atoms with Crippen LogP contribution in [0, 0.1) is 17.0 Å². The van der Waals surface area contributed by atoms with Gasteiger partial charge >= 0.3 is 0 Å². The quantitative estimate of drug-likeness (QED) is 0.597. The highest BCUT2D eigenvalue weighted by molar-refractivity contribution is 7.89. The summed E-state index contributed by atoms with van der Waals surface area (Å²) >= 11 is 0. The normalized spacial score (nSPS) is 11.2. The van der Waals surface area contributed by atoms with Crippen molar-refractivity contribution in [2.45, 2.75) is 11.8 Å². The number of anilines is 1. The highest BCUT2D eigenvalue weighted by Gasteiger charge is 2.20. The molecule has 0 bridgehead atoms. The SMILES string of the molecule is CNc1cc(S(N)(=O)=O)c(C)cc1[N+](=O)[O-]. The molecule has 7 nitrogen and oxygen atoms in total. The molecule has 0 saturated heterocycles. The first-order valence-electron chi connectivity index (χ1n) is 4.27. The van der Waals surface area contributed by atoms with Crippen LogP contribution in [0.3, 0.4) is 0 Å². The zero-order valence-electron chi connectivity index (χ0n) is 8.72. The lowest BCUT2D eigenvalue weighted by atomic mass is 10.2. The molecular formula is C8H11N3O4S. The maximum absolute atomic E-state index is 11.2. The molecule has 0 aliphatic carbocycles. The Morgan fingerprint density at radius 1 is 1.44 bits per heavy atom. The monoisotopic (exact) mass is 245 g/mol. The van der Waals surface area contributed by atoms with Crippen LogP contribution in [0.25, 0.3) is 0 Å². The number of primary sulfonamides is 1. The van der Waals surface area contributed by atoms with Gasteiger partial charge in [0.1, 0.15) is 5.69 Å². The van der Waals surface area contributed by atoms with Crippen molar-refractivity contribution in [1.82, 2.24) is 0 Å². The Bertz CT molecular complexity index is 538. The minimum absolute atomic E-state index is 0.111. The van der Waals surface area contributed by atoms with Gasteiger partial charge in [0.05, 0.1) is 9.82 Å². The molecular weight excluding hydrogens is 234 g/mol. The molecule has 3 N–H and O–H groups in total. The van der Waals surface area contributed by atoms with Crippen LogP contribution >= 0.6 is 0 Å². The highest BCUT2D eigenvalue weighted by Crippen LogP contribution is 2.29. The lowest BCUT2D eigenvalue weighted by Crippen LogP contribution is -2.14. The molecule has 0 fully saturated rings. The van der Waals surface area contributed by atoms with Gasteiger partial charge in [-0.25, -0.2) is 13.6 Å². The van der Waals surface area contributed by atoms with Crippen LogP contribution in [0.4, 0.5) is 11.4 Å². The first-order chi connectivity index (χ1) is 7.27. The third kappa shape index (κ3) is 2.28. The molecule has 0 aromatic heterocycles. The minimum Gasteiger partial charge on any atom is -0.383 e. The number of hydrogen-bond donors (Lipinski definition) is 2. The zero-order chi connectivity index (χ0) is 12.5. The Morgan fingerprint density at radius 3 is 2.38 bits per heavy atom. The average molecular weight is 245 g/mol. The second-order valence-electron chi connectivity index (χ2n) is 3.19. The van der Waals surface area contributed by atoms with E-state index in [-0.39, 0.29) is 21.8 Å². The van der Waals surface area contributed by atoms with E-state index < -0.39 is 14.9 Å². The highest BCUT2D eigenvalue weighted by atomic mass is 32.2. The van der Waals surface area contributed by atoms with Crippen molar-refractivity contribution in [3.05, 3.63) is 27.8 Å². The summed E-state index contributed by atoms with van der Waals surface area (Å²) in [5, 5.41) is 18.2. The van der Waals surface area contributed by atoms with E-state index in [9.17, 15) is 18.5 Å². The van der Waals surface area contributed by atoms with Crippen LogP contribution in [0.2, 0.25) is 0 Å². The molecule has 8 heteroatoms. The van der Waals surface area contributed by atoms with Crippen LogP contribution in [0.5, 0.6) is 0 Å². The molecule has 1 rings (SSSR count). The third-order valence-corrected chi connectivity index (χ3v) is 3.12. The summed E-state index contributed by atoms with van der Waals surface area (Å²) in [6.07, 6.45) is 0. The average Bonchev–Trinajstić information content (AvgIpc) is 2.15. The van der Waals surface area contributed by atoms with Crippen LogP contribution in [-0.4, -0.2) is 20.4 Å². The number of nitro benzene ring substituents is 1. The first-order valence-corrected chi connectivity index (χ1v) is 5.81. The molecule has 0 spiro atoms. The van der Waals surface area contributed by atoms with Crippen molar-refractivity contribution in [3.8, 4) is 0 Å². The molecule has 0 atom stereocenters. The van der Waals surface area contributed by atoms with Crippen molar-refractivity contribution in [2.75, 3.05) is 12.4 Å². The standard InChI is InChI=1S/C8H11N3O4S/c1-5-3-7(11(12)13)6(10-2)4-8(5)16(9,14)15/h3-4,10H,1-2H3,(H2,9,14,15). The van der Waals surface area contributed by atoms with Gasteiger partial charge in [0.2, 0.25) is 10.0 Å². The molecule has 16 heavy (non-hydrogen) atoms. The van der Waals surface area contributed by atoms with Crippen LogP contribution in [0.15, 0.2) is 17.0 Å². The molecule has 0 radical (unpaired) electrons. The van der Waals surface area contributed by atoms with Gasteiger partial charge in [-0.2, -0.15) is 0 Å². The maximum atomic E-state index is 11.2. The van der Waals surface area contributed by atoms with E-state index in [4.69, 9.17) is 5.14 Å². The van der Waals surface area contributed by atoms with E-state index in [1.54, 1.807) is 0 Å². The van der Waals surface area contributed by atoms with Crippen LogP contribution in [0.1, 0.15) is 5.56 Å². The molecule has 0 saturated carbocycles. The molecule has 88 valence electrons. The summed E-state index contributed by atoms with van der Waals surface area (Å²) < 4.78 is 22.4. The lowest BCUT2D eigenvalue weighted by Gasteiger charge is -2.07. The summed E-state index contributed by atoms with van der Waals surface area (Å²) in [7, 11) is -2.41. The Morgan fingerprint density at radius 2 is 2.00 bits per heavy atom. The Labute approximate surface area is 92.5 Å². The van der Waals surface area contributed by atoms with E-state index in [2.05, 4.69) is 5.32 Å². The van der Waals surface area contributed by atoms with E-state index in [1.165, 1.54) is 20.0 Å².